The number of nitrogens with zero attached hydrogens (tertiary/aromatic N) is 2. The zero-order valence-corrected chi connectivity index (χ0v) is 12.1. The Kier molecular flexibility index (Phi) is 3.90. The molecule has 1 fully saturated rings. The van der Waals surface area contributed by atoms with Crippen molar-refractivity contribution in [1.29, 1.82) is 0 Å². The molecule has 1 aromatic carbocycles. The number of hydrogen-bond acceptors (Lipinski definition) is 3. The number of likely N-dealkylation sites (tertiary alicyclic amines) is 1. The van der Waals surface area contributed by atoms with Crippen LogP contribution in [0.25, 0.3) is 0 Å². The Morgan fingerprint density at radius 3 is 2.90 bits per heavy atom. The van der Waals surface area contributed by atoms with Crippen LogP contribution >= 0.6 is 0 Å². The molecule has 1 saturated heterocycles. The third-order valence-corrected chi connectivity index (χ3v) is 3.90. The van der Waals surface area contributed by atoms with Crippen molar-refractivity contribution in [2.45, 2.75) is 32.2 Å². The van der Waals surface area contributed by atoms with Crippen LogP contribution in [0.5, 0.6) is 0 Å². The fourth-order valence-electron chi connectivity index (χ4n) is 2.77. The summed E-state index contributed by atoms with van der Waals surface area (Å²) in [6, 6.07) is 10.3. The Morgan fingerprint density at radius 2 is 2.19 bits per heavy atom. The van der Waals surface area contributed by atoms with Gasteiger partial charge in [-0.25, -0.2) is 4.79 Å². The van der Waals surface area contributed by atoms with Gasteiger partial charge in [-0.15, -0.1) is 0 Å². The van der Waals surface area contributed by atoms with Crippen LogP contribution in [0.1, 0.15) is 24.0 Å². The summed E-state index contributed by atoms with van der Waals surface area (Å²) in [5.41, 5.74) is 2.53. The fraction of sp³-hybridized carbons (Fsp3) is 0.375. The number of carbonyl (C=O) groups excluding carboxylic acids is 1. The van der Waals surface area contributed by atoms with Gasteiger partial charge in [0, 0.05) is 18.7 Å². The summed E-state index contributed by atoms with van der Waals surface area (Å²) in [6.07, 6.45) is 4.43. The lowest BCUT2D eigenvalue weighted by atomic mass is 10.0. The maximum atomic E-state index is 12.3. The first-order chi connectivity index (χ1) is 10.2. The van der Waals surface area contributed by atoms with Crippen LogP contribution in [-0.2, 0) is 6.42 Å². The minimum Gasteiger partial charge on any atom is -0.363 e. The first kappa shape index (κ1) is 13.7. The number of aryl methyl sites for hydroxylation is 1. The smallest absolute Gasteiger partial charge is 0.323 e. The lowest BCUT2D eigenvalue weighted by molar-refractivity contribution is 0.206. The van der Waals surface area contributed by atoms with Crippen LogP contribution in [0.3, 0.4) is 0 Å². The SMILES string of the molecule is Cc1ccc(CC2CCCN2C(=O)Nc2ccon2)cc1. The van der Waals surface area contributed by atoms with Gasteiger partial charge in [0.25, 0.3) is 0 Å². The second-order valence-electron chi connectivity index (χ2n) is 5.49. The summed E-state index contributed by atoms with van der Waals surface area (Å²) in [7, 11) is 0. The van der Waals surface area contributed by atoms with Crippen LogP contribution in [0.4, 0.5) is 10.6 Å². The van der Waals surface area contributed by atoms with Crippen LogP contribution in [0, 0.1) is 6.92 Å². The van der Waals surface area contributed by atoms with Crippen LogP contribution < -0.4 is 5.32 Å². The molecular formula is C16H19N3O2. The third kappa shape index (κ3) is 3.24. The highest BCUT2D eigenvalue weighted by Gasteiger charge is 2.29. The number of amides is 2. The van der Waals surface area contributed by atoms with E-state index < -0.39 is 0 Å². The predicted octanol–water partition coefficient (Wildman–Crippen LogP) is 3.22. The molecule has 1 aromatic heterocycles. The first-order valence-electron chi connectivity index (χ1n) is 7.26. The van der Waals surface area contributed by atoms with Crippen LogP contribution in [0.15, 0.2) is 41.1 Å². The van der Waals surface area contributed by atoms with Gasteiger partial charge in [0.15, 0.2) is 5.82 Å². The van der Waals surface area contributed by atoms with E-state index in [1.807, 2.05) is 4.90 Å². The average Bonchev–Trinajstić information content (AvgIpc) is 3.13. The number of rotatable bonds is 3. The molecule has 2 heterocycles. The highest BCUT2D eigenvalue weighted by molar-refractivity contribution is 5.88. The summed E-state index contributed by atoms with van der Waals surface area (Å²) in [4.78, 5) is 14.2. The van der Waals surface area contributed by atoms with Crippen LogP contribution in [-0.4, -0.2) is 28.7 Å². The second-order valence-corrected chi connectivity index (χ2v) is 5.49. The Hall–Kier alpha value is -2.30. The minimum absolute atomic E-state index is 0.0986. The molecule has 5 heteroatoms. The molecule has 0 radical (unpaired) electrons. The number of carbonyl (C=O) groups is 1. The van der Waals surface area contributed by atoms with Crippen molar-refractivity contribution in [1.82, 2.24) is 10.1 Å². The first-order valence-corrected chi connectivity index (χ1v) is 7.26. The largest absolute Gasteiger partial charge is 0.363 e. The molecule has 1 N–H and O–H groups in total. The molecular weight excluding hydrogens is 266 g/mol. The molecule has 2 aromatic rings. The predicted molar refractivity (Wildman–Crippen MR) is 80.1 cm³/mol. The van der Waals surface area contributed by atoms with Crippen molar-refractivity contribution >= 4 is 11.8 Å². The Labute approximate surface area is 123 Å². The molecule has 1 unspecified atom stereocenters. The molecule has 0 aliphatic carbocycles. The van der Waals surface area contributed by atoms with Gasteiger partial charge in [0.2, 0.25) is 0 Å². The van der Waals surface area contributed by atoms with Gasteiger partial charge in [-0.05, 0) is 31.7 Å². The molecule has 2 amide bonds. The monoisotopic (exact) mass is 285 g/mol. The summed E-state index contributed by atoms with van der Waals surface area (Å²) < 4.78 is 4.73. The van der Waals surface area contributed by atoms with Gasteiger partial charge < -0.3 is 9.42 Å². The molecule has 0 saturated carbocycles. The van der Waals surface area contributed by atoms with E-state index in [0.717, 1.165) is 25.8 Å². The lowest BCUT2D eigenvalue weighted by Gasteiger charge is -2.24. The van der Waals surface area contributed by atoms with E-state index in [9.17, 15) is 4.79 Å². The van der Waals surface area contributed by atoms with Gasteiger partial charge in [0.1, 0.15) is 6.26 Å². The van der Waals surface area contributed by atoms with E-state index in [2.05, 4.69) is 41.7 Å². The highest BCUT2D eigenvalue weighted by Crippen LogP contribution is 2.22. The van der Waals surface area contributed by atoms with Gasteiger partial charge in [-0.2, -0.15) is 0 Å². The standard InChI is InChI=1S/C16H19N3O2/c1-12-4-6-13(7-5-12)11-14-3-2-9-19(14)16(20)17-15-8-10-21-18-15/h4-8,10,14H,2-3,9,11H2,1H3,(H,17,18,20). The normalized spacial score (nSPS) is 18.0. The summed E-state index contributed by atoms with van der Waals surface area (Å²) in [6.45, 7) is 2.87. The number of anilines is 1. The zero-order valence-electron chi connectivity index (χ0n) is 12.1. The van der Waals surface area contributed by atoms with Gasteiger partial charge in [-0.3, -0.25) is 5.32 Å². The van der Waals surface area contributed by atoms with Crippen molar-refractivity contribution < 1.29 is 9.32 Å². The molecule has 5 nitrogen and oxygen atoms in total. The average molecular weight is 285 g/mol. The number of nitrogens with one attached hydrogen (secondary N) is 1. The Morgan fingerprint density at radius 1 is 1.38 bits per heavy atom. The zero-order chi connectivity index (χ0) is 14.7. The van der Waals surface area contributed by atoms with Gasteiger partial charge >= 0.3 is 6.03 Å². The molecule has 1 aliphatic rings. The maximum Gasteiger partial charge on any atom is 0.323 e. The Balaban J connectivity index is 1.64. The van der Waals surface area contributed by atoms with Crippen molar-refractivity contribution in [2.24, 2.45) is 0 Å². The summed E-state index contributed by atoms with van der Waals surface area (Å²) >= 11 is 0. The van der Waals surface area contributed by atoms with Crippen LogP contribution in [0.2, 0.25) is 0 Å². The quantitative estimate of drug-likeness (QED) is 0.942. The number of hydrogen-bond donors (Lipinski definition) is 1. The van der Waals surface area contributed by atoms with Crippen molar-refractivity contribution in [2.75, 3.05) is 11.9 Å². The summed E-state index contributed by atoms with van der Waals surface area (Å²) in [5.74, 6) is 0.459. The van der Waals surface area contributed by atoms with Crippen molar-refractivity contribution in [3.05, 3.63) is 47.7 Å². The van der Waals surface area contributed by atoms with Gasteiger partial charge in [0.05, 0.1) is 0 Å². The minimum atomic E-state index is -0.0986. The third-order valence-electron chi connectivity index (χ3n) is 3.90. The molecule has 1 atom stereocenters. The Bertz CT molecular complexity index is 592. The van der Waals surface area contributed by atoms with Gasteiger partial charge in [-0.1, -0.05) is 35.0 Å². The van der Waals surface area contributed by atoms with E-state index >= 15 is 0 Å². The molecule has 1 aliphatic heterocycles. The molecule has 0 bridgehead atoms. The van der Waals surface area contributed by atoms with Crippen molar-refractivity contribution in [3.63, 3.8) is 0 Å². The van der Waals surface area contributed by atoms with E-state index in [1.165, 1.54) is 17.4 Å². The van der Waals surface area contributed by atoms with E-state index in [-0.39, 0.29) is 12.1 Å². The van der Waals surface area contributed by atoms with E-state index in [0.29, 0.717) is 5.82 Å². The highest BCUT2D eigenvalue weighted by atomic mass is 16.5. The summed E-state index contributed by atoms with van der Waals surface area (Å²) in [5, 5.41) is 6.48. The molecule has 21 heavy (non-hydrogen) atoms. The number of benzene rings is 1. The topological polar surface area (TPSA) is 58.4 Å². The molecule has 3 rings (SSSR count). The number of aromatic nitrogens is 1. The van der Waals surface area contributed by atoms with Crippen molar-refractivity contribution in [3.8, 4) is 0 Å². The number of urea groups is 1. The van der Waals surface area contributed by atoms with E-state index in [4.69, 9.17) is 4.52 Å². The fourth-order valence-corrected chi connectivity index (χ4v) is 2.77. The molecule has 0 spiro atoms. The lowest BCUT2D eigenvalue weighted by Crippen LogP contribution is -2.39. The second kappa shape index (κ2) is 5.99. The molecule has 110 valence electrons. The van der Waals surface area contributed by atoms with E-state index in [1.54, 1.807) is 6.07 Å². The maximum absolute atomic E-state index is 12.3.